The number of piperazine rings is 1. The number of hydrogen-bond acceptors (Lipinski definition) is 23. The zero-order valence-corrected chi connectivity index (χ0v) is 75.7. The number of aromatic nitrogens is 2. The molecule has 17 fully saturated rings. The summed E-state index contributed by atoms with van der Waals surface area (Å²) < 4.78 is 44.5. The first-order chi connectivity index (χ1) is 54.7. The number of rotatable bonds is 0. The summed E-state index contributed by atoms with van der Waals surface area (Å²) in [5.74, 6) is 2.16. The van der Waals surface area contributed by atoms with Crippen LogP contribution in [0.15, 0.2) is 30.9 Å². The Kier molecular flexibility index (Phi) is 52.8. The van der Waals surface area contributed by atoms with E-state index in [9.17, 15) is 0 Å². The van der Waals surface area contributed by atoms with Gasteiger partial charge in [-0.3, -0.25) is 4.90 Å². The molecular formula is C89H178N16O8. The summed E-state index contributed by atoms with van der Waals surface area (Å²) in [6.45, 7) is 46.0. The van der Waals surface area contributed by atoms with E-state index in [4.69, 9.17) is 37.9 Å². The largest absolute Gasteiger partial charge is 0.381 e. The molecule has 113 heavy (non-hydrogen) atoms. The Bertz CT molecular complexity index is 2300. The van der Waals surface area contributed by atoms with Crippen LogP contribution in [0.1, 0.15) is 135 Å². The third-order valence-electron chi connectivity index (χ3n) is 25.6. The number of fused-ring (bicyclic) bond motifs is 2. The topological polar surface area (TPSA) is 146 Å². The fourth-order valence-corrected chi connectivity index (χ4v) is 17.9. The second-order valence-electron chi connectivity index (χ2n) is 37.0. The standard InChI is InChI=1S/C9H19NO3.C9H17NO.C9H17N.C8H15N.C7H13NO2.C7H15N.C6H11NO.C6H13N.C5H12N2.C5H11NO.C5H11N.C5H9N.C4H6N2.C4H9N/c1-10-2-4-11-6-8-13-9-7-12-5-3-10;1-10-5-2-9(8-10)3-6-11-7-4-9;1-10-7-6-9(8-10)4-2-3-5-9;1-9-5-7-3-2-4-8(7)6-9;1-8-4-6-7(5-8)10-3-2-9-6;1-8-6-4-2-3-5-7-8;1-7-2-6(3-7)4-8-5-6;1-7-5-3-2-4-6-7;1-7-4-2-6-3-5-7;1-6-2-4-7-5-3-6;2*1-6-4-2-3-5-6;1-6-3-2-5-4-6;1-5-3-2-4-5/h2-9H2,1H3;2-8H2,1H3;2-8H2,1H3;7-8H,2-6H2,1H3;6-7H,2-5H2,1H3;2-7H2,1H3;2-5H2,1H3;2-6H2,1H3;6H,2-5H2,1H3;2-5H2,1H3;2-5H2,1H3;2-3H,4-5H2,1H3;2-4H,1H3;2-4H2,1H3/t;;;7-,8+;6-,7+;;;;;;;;;. The third-order valence-corrected chi connectivity index (χ3v) is 25.6. The van der Waals surface area contributed by atoms with Gasteiger partial charge in [-0.2, -0.15) is 0 Å². The van der Waals surface area contributed by atoms with Crippen LogP contribution >= 0.6 is 0 Å². The van der Waals surface area contributed by atoms with E-state index in [-0.39, 0.29) is 0 Å². The highest BCUT2D eigenvalue weighted by molar-refractivity contribution is 4.98. The molecule has 662 valence electrons. The van der Waals surface area contributed by atoms with Crippen LogP contribution in [0.2, 0.25) is 0 Å². The molecule has 0 bridgehead atoms. The molecule has 15 saturated heterocycles. The van der Waals surface area contributed by atoms with Crippen LogP contribution in [0, 0.1) is 28.1 Å². The minimum Gasteiger partial charge on any atom is -0.381 e. The van der Waals surface area contributed by atoms with Gasteiger partial charge in [0.1, 0.15) is 0 Å². The molecule has 0 aromatic carbocycles. The molecule has 1 aromatic heterocycles. The molecule has 19 rings (SSSR count). The molecule has 4 atom stereocenters. The molecule has 1 aromatic rings. The minimum absolute atomic E-state index is 0.346. The van der Waals surface area contributed by atoms with Crippen molar-refractivity contribution in [2.24, 2.45) is 35.1 Å². The van der Waals surface area contributed by atoms with E-state index < -0.39 is 0 Å². The molecule has 18 aliphatic rings. The fourth-order valence-electron chi connectivity index (χ4n) is 17.9. The van der Waals surface area contributed by atoms with Crippen LogP contribution in [-0.2, 0) is 44.9 Å². The molecule has 0 radical (unpaired) electrons. The quantitative estimate of drug-likeness (QED) is 0.250. The summed E-state index contributed by atoms with van der Waals surface area (Å²) in [4.78, 5) is 34.3. The van der Waals surface area contributed by atoms with Crippen LogP contribution in [0.5, 0.6) is 0 Å². The van der Waals surface area contributed by atoms with E-state index in [1.54, 1.807) is 12.5 Å². The first-order valence-corrected chi connectivity index (χ1v) is 45.6. The summed E-state index contributed by atoms with van der Waals surface area (Å²) in [6.07, 6.45) is 40.7. The van der Waals surface area contributed by atoms with Gasteiger partial charge in [0.15, 0.2) is 0 Å². The minimum atomic E-state index is 0.346. The maximum atomic E-state index is 5.51. The van der Waals surface area contributed by atoms with Gasteiger partial charge in [0.05, 0.1) is 97.8 Å². The number of ether oxygens (including phenoxy) is 8. The zero-order chi connectivity index (χ0) is 81.0. The first kappa shape index (κ1) is 99.9. The number of nitrogens with one attached hydrogen (secondary N) is 1. The van der Waals surface area contributed by atoms with Gasteiger partial charge in [-0.05, 0) is 276 Å². The summed E-state index contributed by atoms with van der Waals surface area (Å²) in [5, 5.41) is 3.27. The van der Waals surface area contributed by atoms with Crippen LogP contribution in [0.4, 0.5) is 0 Å². The van der Waals surface area contributed by atoms with Gasteiger partial charge in [-0.15, -0.1) is 0 Å². The molecule has 1 N–H and O–H groups in total. The molecule has 3 spiro atoms. The van der Waals surface area contributed by atoms with E-state index in [0.29, 0.717) is 49.5 Å². The predicted molar refractivity (Wildman–Crippen MR) is 468 cm³/mol. The van der Waals surface area contributed by atoms with Crippen molar-refractivity contribution in [1.29, 1.82) is 0 Å². The molecule has 0 unspecified atom stereocenters. The average molecular weight is 1600 g/mol. The summed E-state index contributed by atoms with van der Waals surface area (Å²) >= 11 is 0. The van der Waals surface area contributed by atoms with E-state index in [0.717, 1.165) is 149 Å². The molecule has 0 amide bonds. The lowest BCUT2D eigenvalue weighted by atomic mass is 9.79. The Labute approximate surface area is 693 Å². The van der Waals surface area contributed by atoms with Crippen molar-refractivity contribution in [3.8, 4) is 0 Å². The number of likely N-dealkylation sites (tertiary alicyclic amines) is 9. The molecular weight excluding hydrogens is 1420 g/mol. The summed E-state index contributed by atoms with van der Waals surface area (Å²) in [7, 11) is 30.1. The number of morpholine rings is 1. The lowest BCUT2D eigenvalue weighted by Crippen LogP contribution is -2.64. The van der Waals surface area contributed by atoms with Gasteiger partial charge < -0.3 is 107 Å². The number of imidazole rings is 1. The molecule has 2 saturated carbocycles. The van der Waals surface area contributed by atoms with Crippen molar-refractivity contribution in [2.45, 2.75) is 147 Å². The highest BCUT2D eigenvalue weighted by Gasteiger charge is 2.47. The third kappa shape index (κ3) is 45.5. The molecule has 17 heterocycles. The number of piperidine rings is 1. The lowest BCUT2D eigenvalue weighted by Gasteiger charge is -2.53. The zero-order valence-electron chi connectivity index (χ0n) is 75.7. The Morgan fingerprint density at radius 2 is 0.664 bits per heavy atom. The van der Waals surface area contributed by atoms with Gasteiger partial charge in [0.25, 0.3) is 0 Å². The van der Waals surface area contributed by atoms with E-state index in [1.165, 1.54) is 253 Å². The Morgan fingerprint density at radius 3 is 0.982 bits per heavy atom. The van der Waals surface area contributed by atoms with Crippen molar-refractivity contribution in [3.05, 3.63) is 30.9 Å². The predicted octanol–water partition coefficient (Wildman–Crippen LogP) is 8.00. The van der Waals surface area contributed by atoms with Gasteiger partial charge >= 0.3 is 0 Å². The second kappa shape index (κ2) is 59.7. The molecule has 2 aliphatic carbocycles. The van der Waals surface area contributed by atoms with E-state index in [2.05, 4.69) is 178 Å². The lowest BCUT2D eigenvalue weighted by molar-refractivity contribution is -0.182. The molecule has 24 nitrogen and oxygen atoms in total. The Hall–Kier alpha value is -1.93. The van der Waals surface area contributed by atoms with Crippen molar-refractivity contribution in [3.63, 3.8) is 0 Å². The second-order valence-corrected chi connectivity index (χ2v) is 37.0. The Morgan fingerprint density at radius 1 is 0.292 bits per heavy atom. The van der Waals surface area contributed by atoms with E-state index in [1.807, 2.05) is 17.8 Å². The van der Waals surface area contributed by atoms with Crippen LogP contribution in [-0.4, -0.2) is 453 Å². The van der Waals surface area contributed by atoms with Crippen molar-refractivity contribution < 1.29 is 37.9 Å². The highest BCUT2D eigenvalue weighted by Crippen LogP contribution is 2.45. The van der Waals surface area contributed by atoms with Crippen LogP contribution in [0.25, 0.3) is 0 Å². The number of nitrogens with zero attached hydrogens (tertiary/aromatic N) is 15. The maximum absolute atomic E-state index is 5.51. The first-order valence-electron chi connectivity index (χ1n) is 45.6. The summed E-state index contributed by atoms with van der Waals surface area (Å²) in [5.41, 5.74) is 2.05. The van der Waals surface area contributed by atoms with Crippen LogP contribution < -0.4 is 5.32 Å². The van der Waals surface area contributed by atoms with Gasteiger partial charge in [-0.25, -0.2) is 4.98 Å². The van der Waals surface area contributed by atoms with Gasteiger partial charge in [0, 0.05) is 156 Å². The van der Waals surface area contributed by atoms with Gasteiger partial charge in [0.2, 0.25) is 0 Å². The Balaban J connectivity index is 0.000000191. The van der Waals surface area contributed by atoms with E-state index >= 15 is 0 Å². The smallest absolute Gasteiger partial charge is 0.0976 e. The molecule has 24 heteroatoms. The fraction of sp³-hybridized carbons (Fsp3) is 0.944. The normalized spacial score (nSPS) is 29.0. The van der Waals surface area contributed by atoms with Crippen molar-refractivity contribution >= 4 is 0 Å². The van der Waals surface area contributed by atoms with Crippen molar-refractivity contribution in [1.82, 2.24) is 78.6 Å². The number of aryl methyl sites for hydroxylation is 1. The van der Waals surface area contributed by atoms with Crippen molar-refractivity contribution in [2.75, 3.05) is 367 Å². The average Bonchev–Trinajstić information content (AvgIpc) is 1.42. The number of likely N-dealkylation sites (N-methyl/N-ethyl adjacent to an activating group) is 5. The maximum Gasteiger partial charge on any atom is 0.0976 e. The highest BCUT2D eigenvalue weighted by atomic mass is 16.6. The monoisotopic (exact) mass is 1600 g/mol. The SMILES string of the molecule is CN1CC2(COC2)C1.CN1CC=CC1.CN1CCC1.CN1CCC2(CCCC2)C1.CN1CCC2(CCOCC2)C1.CN1CCCC1.CN1CCCCC1.CN1CCCCCC1.CN1CCNCC1.CN1CCOCC1.CN1CCOCCOCCOCC1.CN1C[C@@H]2OCCO[C@@H]2C1.CN1C[C@H]2CCC[C@H]2C1.Cn1ccnc1. The van der Waals surface area contributed by atoms with Gasteiger partial charge in [-0.1, -0.05) is 50.7 Å². The molecule has 16 aliphatic heterocycles. The number of hydrogen-bond donors (Lipinski definition) is 1. The van der Waals surface area contributed by atoms with Crippen LogP contribution in [0.3, 0.4) is 0 Å². The summed E-state index contributed by atoms with van der Waals surface area (Å²) in [6, 6.07) is 0.